The van der Waals surface area contributed by atoms with Gasteiger partial charge in [0.1, 0.15) is 0 Å². The monoisotopic (exact) mass is 255 g/mol. The van der Waals surface area contributed by atoms with Crippen LogP contribution in [0.3, 0.4) is 0 Å². The first-order chi connectivity index (χ1) is 8.39. The molecule has 0 aliphatic rings. The van der Waals surface area contributed by atoms with Crippen molar-refractivity contribution >= 4 is 0 Å². The topological polar surface area (TPSA) is 30.7 Å². The molecule has 0 N–H and O–H groups in total. The van der Waals surface area contributed by atoms with E-state index >= 15 is 0 Å². The lowest BCUT2D eigenvalue weighted by atomic mass is 9.99. The van der Waals surface area contributed by atoms with E-state index < -0.39 is 11.7 Å². The summed E-state index contributed by atoms with van der Waals surface area (Å²) in [6, 6.07) is 4.22. The molecule has 0 atom stereocenters. The Morgan fingerprint density at radius 3 is 2.22 bits per heavy atom. The van der Waals surface area contributed by atoms with Crippen molar-refractivity contribution in [3.8, 4) is 5.69 Å². The van der Waals surface area contributed by atoms with Crippen molar-refractivity contribution in [2.45, 2.75) is 25.9 Å². The summed E-state index contributed by atoms with van der Waals surface area (Å²) in [5.74, 6) is 0.0331. The van der Waals surface area contributed by atoms with Gasteiger partial charge in [-0.05, 0) is 23.6 Å². The van der Waals surface area contributed by atoms with Gasteiger partial charge in [0.2, 0.25) is 0 Å². The predicted molar refractivity (Wildman–Crippen MR) is 60.5 cm³/mol. The summed E-state index contributed by atoms with van der Waals surface area (Å²) in [6.45, 7) is 3.70. The molecule has 0 radical (unpaired) electrons. The van der Waals surface area contributed by atoms with Crippen LogP contribution in [0.15, 0.2) is 30.6 Å². The molecule has 0 saturated heterocycles. The quantitative estimate of drug-likeness (QED) is 0.823. The molecule has 0 unspecified atom stereocenters. The fourth-order valence-electron chi connectivity index (χ4n) is 1.65. The Hall–Kier alpha value is -1.85. The molecule has 0 aliphatic heterocycles. The molecular weight excluding hydrogens is 243 g/mol. The molecule has 3 nitrogen and oxygen atoms in total. The number of rotatable bonds is 2. The maximum absolute atomic E-state index is 13.0. The molecule has 0 spiro atoms. The van der Waals surface area contributed by atoms with E-state index in [1.54, 1.807) is 6.07 Å². The minimum absolute atomic E-state index is 0.0331. The van der Waals surface area contributed by atoms with Gasteiger partial charge in [0.25, 0.3) is 0 Å². The summed E-state index contributed by atoms with van der Waals surface area (Å²) in [5.41, 5.74) is -0.139. The highest BCUT2D eigenvalue weighted by Crippen LogP contribution is 2.35. The van der Waals surface area contributed by atoms with E-state index in [1.165, 1.54) is 18.5 Å². The number of hydrogen-bond acceptors (Lipinski definition) is 2. The van der Waals surface area contributed by atoms with Gasteiger partial charge in [-0.3, -0.25) is 0 Å². The molecule has 18 heavy (non-hydrogen) atoms. The number of benzene rings is 1. The van der Waals surface area contributed by atoms with E-state index in [4.69, 9.17) is 0 Å². The summed E-state index contributed by atoms with van der Waals surface area (Å²) >= 11 is 0. The number of halogens is 3. The van der Waals surface area contributed by atoms with Crippen LogP contribution in [0.25, 0.3) is 5.69 Å². The zero-order valence-corrected chi connectivity index (χ0v) is 9.94. The standard InChI is InChI=1S/C12H12F3N3/c1-8(2)9-3-4-11(18-16-5-6-17-18)10(7-9)12(13,14)15/h3-8H,1-2H3. The van der Waals surface area contributed by atoms with Crippen LogP contribution in [0, 0.1) is 0 Å². The normalized spacial score (nSPS) is 12.1. The summed E-state index contributed by atoms with van der Waals surface area (Å²) in [7, 11) is 0. The van der Waals surface area contributed by atoms with E-state index in [-0.39, 0.29) is 11.6 Å². The van der Waals surface area contributed by atoms with Crippen molar-refractivity contribution in [2.75, 3.05) is 0 Å². The van der Waals surface area contributed by atoms with Crippen molar-refractivity contribution in [2.24, 2.45) is 0 Å². The van der Waals surface area contributed by atoms with Gasteiger partial charge in [0.15, 0.2) is 0 Å². The summed E-state index contributed by atoms with van der Waals surface area (Å²) in [5, 5.41) is 7.48. The summed E-state index contributed by atoms with van der Waals surface area (Å²) in [6.07, 6.45) is -1.74. The molecule has 1 aromatic carbocycles. The Morgan fingerprint density at radius 2 is 1.72 bits per heavy atom. The average molecular weight is 255 g/mol. The maximum Gasteiger partial charge on any atom is 0.418 e. The number of hydrogen-bond donors (Lipinski definition) is 0. The van der Waals surface area contributed by atoms with Crippen molar-refractivity contribution in [3.05, 3.63) is 41.7 Å². The fraction of sp³-hybridized carbons (Fsp3) is 0.333. The molecule has 2 rings (SSSR count). The van der Waals surface area contributed by atoms with Crippen molar-refractivity contribution in [3.63, 3.8) is 0 Å². The van der Waals surface area contributed by atoms with E-state index in [9.17, 15) is 13.2 Å². The van der Waals surface area contributed by atoms with Crippen molar-refractivity contribution < 1.29 is 13.2 Å². The van der Waals surface area contributed by atoms with Gasteiger partial charge in [-0.25, -0.2) is 0 Å². The SMILES string of the molecule is CC(C)c1ccc(-n2nccn2)c(C(F)(F)F)c1. The lowest BCUT2D eigenvalue weighted by molar-refractivity contribution is -0.137. The van der Waals surface area contributed by atoms with Gasteiger partial charge >= 0.3 is 6.18 Å². The van der Waals surface area contributed by atoms with Crippen LogP contribution in [0.2, 0.25) is 0 Å². The second-order valence-corrected chi connectivity index (χ2v) is 4.25. The summed E-state index contributed by atoms with van der Waals surface area (Å²) in [4.78, 5) is 0.979. The van der Waals surface area contributed by atoms with Gasteiger partial charge in [0, 0.05) is 0 Å². The highest BCUT2D eigenvalue weighted by molar-refractivity contribution is 5.44. The lowest BCUT2D eigenvalue weighted by Gasteiger charge is -2.15. The molecule has 1 heterocycles. The Labute approximate surface area is 102 Å². The molecule has 0 fully saturated rings. The fourth-order valence-corrected chi connectivity index (χ4v) is 1.65. The smallest absolute Gasteiger partial charge is 0.166 e. The second-order valence-electron chi connectivity index (χ2n) is 4.25. The van der Waals surface area contributed by atoms with E-state index in [2.05, 4.69) is 10.2 Å². The van der Waals surface area contributed by atoms with E-state index in [0.29, 0.717) is 5.56 Å². The first-order valence-electron chi connectivity index (χ1n) is 5.47. The first kappa shape index (κ1) is 12.6. The summed E-state index contributed by atoms with van der Waals surface area (Å²) < 4.78 is 39.0. The zero-order valence-electron chi connectivity index (χ0n) is 9.94. The molecule has 0 amide bonds. The van der Waals surface area contributed by atoms with Crippen LogP contribution in [0.5, 0.6) is 0 Å². The maximum atomic E-state index is 13.0. The van der Waals surface area contributed by atoms with Crippen LogP contribution < -0.4 is 0 Å². The molecule has 96 valence electrons. The van der Waals surface area contributed by atoms with Gasteiger partial charge in [-0.1, -0.05) is 19.9 Å². The van der Waals surface area contributed by atoms with Crippen molar-refractivity contribution in [1.82, 2.24) is 15.0 Å². The first-order valence-corrected chi connectivity index (χ1v) is 5.47. The molecular formula is C12H12F3N3. The molecule has 1 aromatic heterocycles. The lowest BCUT2D eigenvalue weighted by Crippen LogP contribution is -2.13. The third-order valence-corrected chi connectivity index (χ3v) is 2.63. The van der Waals surface area contributed by atoms with Crippen molar-refractivity contribution in [1.29, 1.82) is 0 Å². The highest BCUT2D eigenvalue weighted by Gasteiger charge is 2.35. The Morgan fingerprint density at radius 1 is 1.11 bits per heavy atom. The van der Waals surface area contributed by atoms with Gasteiger partial charge in [-0.15, -0.1) is 0 Å². The van der Waals surface area contributed by atoms with E-state index in [1.807, 2.05) is 13.8 Å². The minimum Gasteiger partial charge on any atom is -0.166 e. The molecule has 0 aliphatic carbocycles. The Balaban J connectivity index is 2.60. The average Bonchev–Trinajstić information content (AvgIpc) is 2.80. The van der Waals surface area contributed by atoms with Crippen LogP contribution in [0.1, 0.15) is 30.9 Å². The predicted octanol–water partition coefficient (Wildman–Crippen LogP) is 3.41. The number of aromatic nitrogens is 3. The van der Waals surface area contributed by atoms with Gasteiger partial charge in [0.05, 0.1) is 23.6 Å². The molecule has 0 bridgehead atoms. The molecule has 2 aromatic rings. The van der Waals surface area contributed by atoms with Gasteiger partial charge in [-0.2, -0.15) is 28.2 Å². The third kappa shape index (κ3) is 2.37. The molecule has 0 saturated carbocycles. The van der Waals surface area contributed by atoms with Crippen LogP contribution in [-0.4, -0.2) is 15.0 Å². The van der Waals surface area contributed by atoms with Crippen LogP contribution in [-0.2, 0) is 6.18 Å². The highest BCUT2D eigenvalue weighted by atomic mass is 19.4. The molecule has 6 heteroatoms. The van der Waals surface area contributed by atoms with Crippen LogP contribution >= 0.6 is 0 Å². The van der Waals surface area contributed by atoms with E-state index in [0.717, 1.165) is 10.9 Å². The van der Waals surface area contributed by atoms with Crippen LogP contribution in [0.4, 0.5) is 13.2 Å². The van der Waals surface area contributed by atoms with Gasteiger partial charge < -0.3 is 0 Å². The zero-order chi connectivity index (χ0) is 13.3. The number of nitrogens with zero attached hydrogens (tertiary/aromatic N) is 3. The second kappa shape index (κ2) is 4.44. The Kier molecular flexibility index (Phi) is 3.11. The largest absolute Gasteiger partial charge is 0.418 e. The third-order valence-electron chi connectivity index (χ3n) is 2.63. The minimum atomic E-state index is -4.42. The number of alkyl halides is 3. The Bertz CT molecular complexity index is 530.